The first-order chi connectivity index (χ1) is 9.61. The third-order valence-electron chi connectivity index (χ3n) is 3.22. The van der Waals surface area contributed by atoms with E-state index < -0.39 is 0 Å². The van der Waals surface area contributed by atoms with Gasteiger partial charge >= 0.3 is 0 Å². The summed E-state index contributed by atoms with van der Waals surface area (Å²) in [6.45, 7) is 2.84. The van der Waals surface area contributed by atoms with Gasteiger partial charge in [-0.2, -0.15) is 0 Å². The van der Waals surface area contributed by atoms with Crippen molar-refractivity contribution in [3.05, 3.63) is 28.8 Å². The molecule has 0 spiro atoms. The van der Waals surface area contributed by atoms with Crippen LogP contribution in [0.25, 0.3) is 0 Å². The molecular weight excluding hydrogens is 280 g/mol. The Balaban J connectivity index is 2.05. The van der Waals surface area contributed by atoms with Crippen molar-refractivity contribution in [2.24, 2.45) is 0 Å². The molecule has 1 atom stereocenters. The van der Waals surface area contributed by atoms with Crippen molar-refractivity contribution in [2.75, 3.05) is 40.4 Å². The molecule has 1 saturated heterocycles. The van der Waals surface area contributed by atoms with Gasteiger partial charge in [-0.15, -0.1) is 0 Å². The van der Waals surface area contributed by atoms with Crippen LogP contribution in [0.15, 0.2) is 18.2 Å². The summed E-state index contributed by atoms with van der Waals surface area (Å²) in [6.07, 6.45) is 0.0241. The molecule has 1 aromatic rings. The number of amides is 1. The number of carbonyl (C=O) groups excluding carboxylic acids is 1. The van der Waals surface area contributed by atoms with Crippen LogP contribution in [0, 0.1) is 0 Å². The van der Waals surface area contributed by atoms with Crippen LogP contribution in [0.3, 0.4) is 0 Å². The summed E-state index contributed by atoms with van der Waals surface area (Å²) in [7, 11) is 3.28. The number of rotatable bonds is 4. The van der Waals surface area contributed by atoms with E-state index in [9.17, 15) is 4.79 Å². The van der Waals surface area contributed by atoms with Gasteiger partial charge in [-0.25, -0.2) is 0 Å². The molecule has 1 N–H and O–H groups in total. The smallest absolute Gasteiger partial charge is 0.257 e. The normalized spacial score (nSPS) is 18.6. The van der Waals surface area contributed by atoms with Crippen molar-refractivity contribution in [1.82, 2.24) is 10.2 Å². The second-order valence-electron chi connectivity index (χ2n) is 4.73. The fourth-order valence-electron chi connectivity index (χ4n) is 2.17. The van der Waals surface area contributed by atoms with Gasteiger partial charge < -0.3 is 19.7 Å². The molecule has 1 unspecified atom stereocenters. The van der Waals surface area contributed by atoms with E-state index in [1.165, 1.54) is 7.11 Å². The van der Waals surface area contributed by atoms with E-state index in [0.717, 1.165) is 13.1 Å². The highest BCUT2D eigenvalue weighted by atomic mass is 35.5. The number of carbonyl (C=O) groups is 1. The lowest BCUT2D eigenvalue weighted by Gasteiger charge is -2.28. The minimum absolute atomic E-state index is 0.0241. The van der Waals surface area contributed by atoms with Crippen LogP contribution in [0.2, 0.25) is 5.02 Å². The van der Waals surface area contributed by atoms with Crippen LogP contribution in [-0.4, -0.2) is 57.3 Å². The molecule has 0 radical (unpaired) electrons. The minimum atomic E-state index is -0.104. The summed E-state index contributed by atoms with van der Waals surface area (Å²) in [5.74, 6) is 0.379. The van der Waals surface area contributed by atoms with E-state index in [2.05, 4.69) is 5.32 Å². The van der Waals surface area contributed by atoms with Gasteiger partial charge in [0.2, 0.25) is 0 Å². The van der Waals surface area contributed by atoms with Crippen LogP contribution in [-0.2, 0) is 4.74 Å². The highest BCUT2D eigenvalue weighted by molar-refractivity contribution is 6.30. The van der Waals surface area contributed by atoms with E-state index in [1.807, 2.05) is 0 Å². The molecule has 0 aromatic heterocycles. The lowest BCUT2D eigenvalue weighted by molar-refractivity contribution is 0.0103. The van der Waals surface area contributed by atoms with Gasteiger partial charge in [-0.1, -0.05) is 11.6 Å². The zero-order chi connectivity index (χ0) is 14.5. The summed E-state index contributed by atoms with van der Waals surface area (Å²) in [5.41, 5.74) is 0.503. The first kappa shape index (κ1) is 15.1. The van der Waals surface area contributed by atoms with E-state index in [-0.39, 0.29) is 12.0 Å². The zero-order valence-electron chi connectivity index (χ0n) is 11.7. The number of likely N-dealkylation sites (N-methyl/N-ethyl adjacent to an activating group) is 1. The van der Waals surface area contributed by atoms with Crippen LogP contribution in [0.5, 0.6) is 5.75 Å². The third kappa shape index (κ3) is 3.62. The van der Waals surface area contributed by atoms with Crippen LogP contribution >= 0.6 is 11.6 Å². The Morgan fingerprint density at radius 1 is 1.60 bits per heavy atom. The molecule has 0 bridgehead atoms. The molecule has 20 heavy (non-hydrogen) atoms. The molecule has 2 rings (SSSR count). The predicted molar refractivity (Wildman–Crippen MR) is 77.6 cm³/mol. The minimum Gasteiger partial charge on any atom is -0.496 e. The monoisotopic (exact) mass is 298 g/mol. The number of ether oxygens (including phenoxy) is 2. The fourth-order valence-corrected chi connectivity index (χ4v) is 2.33. The highest BCUT2D eigenvalue weighted by Crippen LogP contribution is 2.24. The SMILES string of the molecule is COc1cc(Cl)ccc1C(=O)N(C)CC1CNCCO1. The number of nitrogens with zero attached hydrogens (tertiary/aromatic N) is 1. The molecule has 1 amide bonds. The first-order valence-corrected chi connectivity index (χ1v) is 6.91. The number of nitrogens with one attached hydrogen (secondary N) is 1. The number of methoxy groups -OCH3 is 1. The van der Waals surface area contributed by atoms with Crippen molar-refractivity contribution >= 4 is 17.5 Å². The number of hydrogen-bond donors (Lipinski definition) is 1. The lowest BCUT2D eigenvalue weighted by Crippen LogP contribution is -2.45. The molecule has 1 aromatic carbocycles. The maximum Gasteiger partial charge on any atom is 0.257 e. The molecule has 0 aliphatic carbocycles. The second kappa shape index (κ2) is 6.92. The Morgan fingerprint density at radius 2 is 2.40 bits per heavy atom. The molecule has 1 heterocycles. The molecule has 5 nitrogen and oxygen atoms in total. The molecule has 1 fully saturated rings. The standard InChI is InChI=1S/C14H19ClN2O3/c1-17(9-11-8-16-5-6-20-11)14(18)12-4-3-10(15)7-13(12)19-2/h3-4,7,11,16H,5-6,8-9H2,1-2H3. The number of benzene rings is 1. The topological polar surface area (TPSA) is 50.8 Å². The second-order valence-corrected chi connectivity index (χ2v) is 5.16. The van der Waals surface area contributed by atoms with Gasteiger partial charge in [0.15, 0.2) is 0 Å². The first-order valence-electron chi connectivity index (χ1n) is 6.53. The Morgan fingerprint density at radius 3 is 3.05 bits per heavy atom. The third-order valence-corrected chi connectivity index (χ3v) is 3.46. The molecule has 1 aliphatic heterocycles. The van der Waals surface area contributed by atoms with Crippen molar-refractivity contribution < 1.29 is 14.3 Å². The van der Waals surface area contributed by atoms with Crippen molar-refractivity contribution in [3.8, 4) is 5.75 Å². The van der Waals surface area contributed by atoms with E-state index in [1.54, 1.807) is 30.1 Å². The Kier molecular flexibility index (Phi) is 5.23. The van der Waals surface area contributed by atoms with Crippen molar-refractivity contribution in [3.63, 3.8) is 0 Å². The van der Waals surface area contributed by atoms with Gasteiger partial charge in [-0.05, 0) is 18.2 Å². The number of halogens is 1. The summed E-state index contributed by atoms with van der Waals surface area (Å²) < 4.78 is 10.8. The Labute approximate surface area is 123 Å². The van der Waals surface area contributed by atoms with Gasteiger partial charge in [0.1, 0.15) is 5.75 Å². The molecular formula is C14H19ClN2O3. The van der Waals surface area contributed by atoms with Gasteiger partial charge in [0.25, 0.3) is 5.91 Å². The van der Waals surface area contributed by atoms with E-state index in [4.69, 9.17) is 21.1 Å². The molecule has 110 valence electrons. The van der Waals surface area contributed by atoms with Crippen molar-refractivity contribution in [2.45, 2.75) is 6.10 Å². The Bertz CT molecular complexity index is 475. The van der Waals surface area contributed by atoms with Crippen molar-refractivity contribution in [1.29, 1.82) is 0 Å². The zero-order valence-corrected chi connectivity index (χ0v) is 12.4. The van der Waals surface area contributed by atoms with Crippen LogP contribution in [0.4, 0.5) is 0 Å². The van der Waals surface area contributed by atoms with Gasteiger partial charge in [-0.3, -0.25) is 4.79 Å². The Hall–Kier alpha value is -1.30. The lowest BCUT2D eigenvalue weighted by atomic mass is 10.1. The van der Waals surface area contributed by atoms with Crippen LogP contribution in [0.1, 0.15) is 10.4 Å². The average molecular weight is 299 g/mol. The molecule has 6 heteroatoms. The maximum absolute atomic E-state index is 12.4. The van der Waals surface area contributed by atoms with Gasteiger partial charge in [0, 0.05) is 31.7 Å². The summed E-state index contributed by atoms with van der Waals surface area (Å²) in [5, 5.41) is 3.79. The number of morpholine rings is 1. The molecule has 0 saturated carbocycles. The quantitative estimate of drug-likeness (QED) is 0.913. The van der Waals surface area contributed by atoms with Crippen LogP contribution < -0.4 is 10.1 Å². The largest absolute Gasteiger partial charge is 0.496 e. The molecule has 1 aliphatic rings. The van der Waals surface area contributed by atoms with E-state index in [0.29, 0.717) is 29.5 Å². The summed E-state index contributed by atoms with van der Waals surface area (Å²) >= 11 is 5.90. The maximum atomic E-state index is 12.4. The average Bonchev–Trinajstić information content (AvgIpc) is 2.47. The fraction of sp³-hybridized carbons (Fsp3) is 0.500. The summed E-state index contributed by atoms with van der Waals surface area (Å²) in [6, 6.07) is 5.01. The summed E-state index contributed by atoms with van der Waals surface area (Å²) in [4.78, 5) is 14.1. The predicted octanol–water partition coefficient (Wildman–Crippen LogP) is 1.41. The van der Waals surface area contributed by atoms with Gasteiger partial charge in [0.05, 0.1) is 25.4 Å². The highest BCUT2D eigenvalue weighted by Gasteiger charge is 2.21. The number of hydrogen-bond acceptors (Lipinski definition) is 4. The van der Waals surface area contributed by atoms with E-state index >= 15 is 0 Å².